The molecule has 4 aromatic carbocycles. The van der Waals surface area contributed by atoms with Gasteiger partial charge in [0.2, 0.25) is 5.90 Å². The molecule has 2 atom stereocenters. The first-order valence-corrected chi connectivity index (χ1v) is 16.1. The predicted molar refractivity (Wildman–Crippen MR) is 180 cm³/mol. The molecule has 0 bridgehead atoms. The van der Waals surface area contributed by atoms with Gasteiger partial charge in [-0.2, -0.15) is 13.2 Å². The van der Waals surface area contributed by atoms with Gasteiger partial charge >= 0.3 is 6.18 Å². The Kier molecular flexibility index (Phi) is 11.6. The lowest BCUT2D eigenvalue weighted by Gasteiger charge is -2.31. The molecule has 254 valence electrons. The number of amides is 1. The van der Waals surface area contributed by atoms with Gasteiger partial charge in [-0.05, 0) is 76.3 Å². The predicted octanol–water partition coefficient (Wildman–Crippen LogP) is 7.36. The number of rotatable bonds is 14. The molecule has 0 unspecified atom stereocenters. The maximum atomic E-state index is 14.5. The van der Waals surface area contributed by atoms with Crippen molar-refractivity contribution in [1.29, 1.82) is 0 Å². The van der Waals surface area contributed by atoms with E-state index in [2.05, 4.69) is 36.8 Å². The molecule has 10 nitrogen and oxygen atoms in total. The van der Waals surface area contributed by atoms with Crippen molar-refractivity contribution in [2.75, 3.05) is 13.2 Å². The summed E-state index contributed by atoms with van der Waals surface area (Å²) >= 11 is 3.46. The average Bonchev–Trinajstić information content (AvgIpc) is 3.49. The van der Waals surface area contributed by atoms with E-state index >= 15 is 0 Å². The minimum absolute atomic E-state index is 0.00943. The number of hydrogen-bond acceptors (Lipinski definition) is 7. The second-order valence-corrected chi connectivity index (χ2v) is 12.1. The zero-order valence-corrected chi connectivity index (χ0v) is 27.6. The summed E-state index contributed by atoms with van der Waals surface area (Å²) in [5, 5.41) is 12.8. The summed E-state index contributed by atoms with van der Waals surface area (Å²) in [5.74, 6) is 0.244. The van der Waals surface area contributed by atoms with Crippen molar-refractivity contribution < 1.29 is 32.5 Å². The van der Waals surface area contributed by atoms with Crippen LogP contribution < -0.4 is 15.6 Å². The SMILES string of the molecule is [N-]=[N+]=NCc1ccccc1C[C@]1(C(=O)NNCc2ccc(C(F)(F)F)cc2)N=C(c2ccc(OCCCO)cc2)O[C@H]1c1ccc(Br)cc1. The highest BCUT2D eigenvalue weighted by molar-refractivity contribution is 9.10. The number of carbonyl (C=O) groups is 1. The number of aliphatic hydroxyl groups excluding tert-OH is 1. The normalized spacial score (nSPS) is 17.1. The molecule has 49 heavy (non-hydrogen) atoms. The van der Waals surface area contributed by atoms with Crippen LogP contribution in [0.2, 0.25) is 0 Å². The zero-order chi connectivity index (χ0) is 34.9. The molecule has 0 aromatic heterocycles. The van der Waals surface area contributed by atoms with Crippen LogP contribution in [0.1, 0.15) is 45.9 Å². The summed E-state index contributed by atoms with van der Waals surface area (Å²) in [7, 11) is 0. The van der Waals surface area contributed by atoms with E-state index in [4.69, 9.17) is 25.1 Å². The number of aliphatic imine (C=N–C) groups is 1. The van der Waals surface area contributed by atoms with Gasteiger partial charge in [-0.25, -0.2) is 10.4 Å². The first kappa shape index (κ1) is 35.4. The lowest BCUT2D eigenvalue weighted by molar-refractivity contribution is -0.137. The van der Waals surface area contributed by atoms with Gasteiger partial charge in [0, 0.05) is 40.9 Å². The van der Waals surface area contributed by atoms with Gasteiger partial charge in [-0.3, -0.25) is 10.2 Å². The minimum Gasteiger partial charge on any atom is -0.494 e. The largest absolute Gasteiger partial charge is 0.494 e. The van der Waals surface area contributed by atoms with Gasteiger partial charge in [0.25, 0.3) is 5.91 Å². The molecule has 4 aromatic rings. The standard InChI is InChI=1S/C35H32BrF3N6O4/c36-29-14-8-24(9-15-29)31-34(20-26-4-1-2-5-27(26)22-42-45-40,33(47)44-41-21-23-6-12-28(13-7-23)35(37,38)39)43-32(49-31)25-10-16-30(17-11-25)48-19-3-18-46/h1-2,4-17,31,41,46H,3,18-22H2,(H,44,47)/t31-,34-/m0/s1. The first-order valence-electron chi connectivity index (χ1n) is 15.3. The Morgan fingerprint density at radius 1 is 1.02 bits per heavy atom. The molecule has 5 rings (SSSR count). The number of aliphatic hydroxyl groups is 1. The van der Waals surface area contributed by atoms with E-state index in [0.29, 0.717) is 46.6 Å². The molecule has 1 aliphatic rings. The summed E-state index contributed by atoms with van der Waals surface area (Å²) < 4.78 is 52.2. The molecule has 0 fully saturated rings. The van der Waals surface area contributed by atoms with Gasteiger partial charge < -0.3 is 14.6 Å². The van der Waals surface area contributed by atoms with E-state index in [1.54, 1.807) is 30.3 Å². The van der Waals surface area contributed by atoms with Crippen LogP contribution in [0, 0.1) is 0 Å². The first-order chi connectivity index (χ1) is 23.6. The Balaban J connectivity index is 1.52. The molecule has 0 saturated carbocycles. The third kappa shape index (κ3) is 8.78. The number of carbonyl (C=O) groups excluding carboxylic acids is 1. The van der Waals surface area contributed by atoms with E-state index in [-0.39, 0.29) is 32.0 Å². The van der Waals surface area contributed by atoms with Crippen molar-refractivity contribution in [3.05, 3.63) is 145 Å². The van der Waals surface area contributed by atoms with Crippen molar-refractivity contribution >= 4 is 27.7 Å². The number of hydrogen-bond donors (Lipinski definition) is 3. The quantitative estimate of drug-likeness (QED) is 0.0408. The number of halogens is 4. The van der Waals surface area contributed by atoms with E-state index in [0.717, 1.165) is 16.6 Å². The molecule has 1 aliphatic heterocycles. The van der Waals surface area contributed by atoms with Crippen molar-refractivity contribution in [2.24, 2.45) is 10.1 Å². The minimum atomic E-state index is -4.46. The Labute approximate surface area is 288 Å². The molecule has 1 amide bonds. The van der Waals surface area contributed by atoms with Crippen LogP contribution in [0.5, 0.6) is 5.75 Å². The van der Waals surface area contributed by atoms with Crippen LogP contribution in [0.25, 0.3) is 10.4 Å². The van der Waals surface area contributed by atoms with E-state index in [9.17, 15) is 18.0 Å². The summed E-state index contributed by atoms with van der Waals surface area (Å²) in [6, 6.07) is 26.2. The molecule has 0 aliphatic carbocycles. The molecular formula is C35H32BrF3N6O4. The highest BCUT2D eigenvalue weighted by Crippen LogP contribution is 2.43. The van der Waals surface area contributed by atoms with Crippen LogP contribution in [0.3, 0.4) is 0 Å². The van der Waals surface area contributed by atoms with Crippen molar-refractivity contribution in [3.63, 3.8) is 0 Å². The number of azide groups is 1. The highest BCUT2D eigenvalue weighted by Gasteiger charge is 2.53. The van der Waals surface area contributed by atoms with Gasteiger partial charge in [-0.1, -0.05) is 69.6 Å². The Morgan fingerprint density at radius 2 is 1.71 bits per heavy atom. The lowest BCUT2D eigenvalue weighted by atomic mass is 9.81. The molecule has 1 heterocycles. The third-order valence-corrected chi connectivity index (χ3v) is 8.39. The fraction of sp³-hybridized carbons (Fsp3) is 0.257. The average molecular weight is 738 g/mol. The number of ether oxygens (including phenoxy) is 2. The Morgan fingerprint density at radius 3 is 2.37 bits per heavy atom. The van der Waals surface area contributed by atoms with E-state index in [1.165, 1.54) is 12.1 Å². The van der Waals surface area contributed by atoms with Crippen LogP contribution in [0.15, 0.2) is 112 Å². The smallest absolute Gasteiger partial charge is 0.416 e. The lowest BCUT2D eigenvalue weighted by Crippen LogP contribution is -2.53. The summed E-state index contributed by atoms with van der Waals surface area (Å²) in [6.45, 7) is 0.437. The number of benzene rings is 4. The topological polar surface area (TPSA) is 141 Å². The summed E-state index contributed by atoms with van der Waals surface area (Å²) in [6.07, 6.45) is -4.85. The van der Waals surface area contributed by atoms with Crippen LogP contribution >= 0.6 is 15.9 Å². The number of nitrogens with one attached hydrogen (secondary N) is 2. The van der Waals surface area contributed by atoms with Gasteiger partial charge in [-0.15, -0.1) is 0 Å². The fourth-order valence-electron chi connectivity index (χ4n) is 5.35. The molecule has 3 N–H and O–H groups in total. The van der Waals surface area contributed by atoms with Crippen molar-refractivity contribution in [2.45, 2.75) is 43.8 Å². The number of nitrogens with zero attached hydrogens (tertiary/aromatic N) is 4. The molecular weight excluding hydrogens is 705 g/mol. The van der Waals surface area contributed by atoms with Crippen LogP contribution in [-0.4, -0.2) is 35.7 Å². The molecule has 0 spiro atoms. The second-order valence-electron chi connectivity index (χ2n) is 11.2. The number of alkyl halides is 3. The van der Waals surface area contributed by atoms with Gasteiger partial charge in [0.15, 0.2) is 11.6 Å². The molecule has 0 radical (unpaired) electrons. The monoisotopic (exact) mass is 736 g/mol. The maximum Gasteiger partial charge on any atom is 0.416 e. The van der Waals surface area contributed by atoms with Crippen LogP contribution in [-0.2, 0) is 35.2 Å². The fourth-order valence-corrected chi connectivity index (χ4v) is 5.61. The third-order valence-electron chi connectivity index (χ3n) is 7.86. The van der Waals surface area contributed by atoms with E-state index in [1.807, 2.05) is 42.5 Å². The summed E-state index contributed by atoms with van der Waals surface area (Å²) in [4.78, 5) is 22.3. The second kappa shape index (κ2) is 16.0. The molecule has 14 heteroatoms. The van der Waals surface area contributed by atoms with Crippen molar-refractivity contribution in [3.8, 4) is 5.75 Å². The van der Waals surface area contributed by atoms with Gasteiger partial charge in [0.05, 0.1) is 18.7 Å². The maximum absolute atomic E-state index is 14.5. The Bertz CT molecular complexity index is 1820. The summed E-state index contributed by atoms with van der Waals surface area (Å²) in [5.41, 5.74) is 15.4. The zero-order valence-electron chi connectivity index (χ0n) is 26.0. The Hall–Kier alpha value is -4.88. The number of hydrazine groups is 1. The highest BCUT2D eigenvalue weighted by atomic mass is 79.9. The van der Waals surface area contributed by atoms with E-state index < -0.39 is 29.3 Å². The molecule has 0 saturated heterocycles. The van der Waals surface area contributed by atoms with Gasteiger partial charge in [0.1, 0.15) is 5.75 Å². The van der Waals surface area contributed by atoms with Crippen molar-refractivity contribution in [1.82, 2.24) is 10.9 Å². The van der Waals surface area contributed by atoms with Crippen LogP contribution in [0.4, 0.5) is 13.2 Å².